The van der Waals surface area contributed by atoms with Gasteiger partial charge >= 0.3 is 5.97 Å². The zero-order chi connectivity index (χ0) is 19.3. The summed E-state index contributed by atoms with van der Waals surface area (Å²) in [5.74, 6) is 1.36. The molecule has 1 aliphatic heterocycles. The number of nitriles is 1. The minimum absolute atomic E-state index is 0.0986. The van der Waals surface area contributed by atoms with Crippen molar-refractivity contribution in [2.24, 2.45) is 5.92 Å². The van der Waals surface area contributed by atoms with Crippen LogP contribution in [0.4, 0.5) is 0 Å². The van der Waals surface area contributed by atoms with Crippen molar-refractivity contribution in [3.63, 3.8) is 0 Å². The molecule has 2 atom stereocenters. The largest absolute Gasteiger partial charge is 0.487 e. The van der Waals surface area contributed by atoms with Crippen LogP contribution in [0, 0.1) is 17.2 Å². The van der Waals surface area contributed by atoms with E-state index in [9.17, 15) is 10.1 Å². The van der Waals surface area contributed by atoms with Crippen molar-refractivity contribution in [1.29, 1.82) is 5.26 Å². The van der Waals surface area contributed by atoms with Crippen molar-refractivity contribution < 1.29 is 14.3 Å². The minimum atomic E-state index is -0.348. The van der Waals surface area contributed by atoms with E-state index in [1.165, 1.54) is 6.92 Å². The Morgan fingerprint density at radius 1 is 1.35 bits per heavy atom. The molecule has 4 heteroatoms. The fourth-order valence-corrected chi connectivity index (χ4v) is 4.14. The van der Waals surface area contributed by atoms with Crippen molar-refractivity contribution in [1.82, 2.24) is 0 Å². The van der Waals surface area contributed by atoms with Crippen LogP contribution < -0.4 is 9.47 Å². The van der Waals surface area contributed by atoms with Crippen LogP contribution in [0.25, 0.3) is 0 Å². The Morgan fingerprint density at radius 3 is 2.62 bits per heavy atom. The lowest BCUT2D eigenvalue weighted by atomic mass is 9.66. The standard InChI is InChI=1S/C22H27NO3/c1-13(24)25-18-10-15(21(2,3)4)11-19-20(18)16-9-14(12-23)7-8-17(16)22(5,6)26-19/h7,10-11,16-17H,8-9H2,1-6H3/t16-,17-/m1/s1. The number of benzene rings is 1. The average Bonchev–Trinajstić information content (AvgIpc) is 2.51. The van der Waals surface area contributed by atoms with Crippen molar-refractivity contribution in [3.05, 3.63) is 34.9 Å². The van der Waals surface area contributed by atoms with Gasteiger partial charge in [-0.1, -0.05) is 26.8 Å². The first-order valence-corrected chi connectivity index (χ1v) is 9.18. The lowest BCUT2D eigenvalue weighted by Crippen LogP contribution is -2.45. The second-order valence-electron chi connectivity index (χ2n) is 8.93. The highest BCUT2D eigenvalue weighted by molar-refractivity contribution is 5.71. The molecule has 1 heterocycles. The van der Waals surface area contributed by atoms with Crippen LogP contribution in [0.5, 0.6) is 11.5 Å². The van der Waals surface area contributed by atoms with Gasteiger partial charge in [0.15, 0.2) is 0 Å². The van der Waals surface area contributed by atoms with Crippen LogP contribution in [0.1, 0.15) is 71.4 Å². The van der Waals surface area contributed by atoms with Crippen LogP contribution in [0.15, 0.2) is 23.8 Å². The molecule has 138 valence electrons. The quantitative estimate of drug-likeness (QED) is 0.525. The number of carbonyl (C=O) groups excluding carboxylic acids is 1. The Morgan fingerprint density at radius 2 is 2.04 bits per heavy atom. The lowest BCUT2D eigenvalue weighted by Gasteiger charge is -2.47. The third kappa shape index (κ3) is 3.23. The summed E-state index contributed by atoms with van der Waals surface area (Å²) in [6.45, 7) is 12.0. The maximum atomic E-state index is 11.7. The van der Waals surface area contributed by atoms with Gasteiger partial charge in [-0.25, -0.2) is 0 Å². The molecule has 0 amide bonds. The summed E-state index contributed by atoms with van der Waals surface area (Å²) >= 11 is 0. The van der Waals surface area contributed by atoms with E-state index in [0.29, 0.717) is 12.2 Å². The number of ether oxygens (including phenoxy) is 2. The summed E-state index contributed by atoms with van der Waals surface area (Å²) in [7, 11) is 0. The maximum absolute atomic E-state index is 11.7. The number of allylic oxidation sites excluding steroid dienone is 2. The molecule has 4 nitrogen and oxygen atoms in total. The number of rotatable bonds is 1. The number of hydrogen-bond acceptors (Lipinski definition) is 4. The molecule has 3 rings (SSSR count). The van der Waals surface area contributed by atoms with E-state index < -0.39 is 0 Å². The minimum Gasteiger partial charge on any atom is -0.487 e. The van der Waals surface area contributed by atoms with Gasteiger partial charge in [-0.15, -0.1) is 0 Å². The third-order valence-corrected chi connectivity index (χ3v) is 5.55. The van der Waals surface area contributed by atoms with Crippen molar-refractivity contribution in [3.8, 4) is 17.6 Å². The van der Waals surface area contributed by atoms with Crippen molar-refractivity contribution in [2.75, 3.05) is 0 Å². The summed E-state index contributed by atoms with van der Waals surface area (Å²) < 4.78 is 12.0. The molecule has 1 aromatic rings. The second-order valence-corrected chi connectivity index (χ2v) is 8.93. The van der Waals surface area contributed by atoms with Crippen LogP contribution in [-0.2, 0) is 10.2 Å². The lowest BCUT2D eigenvalue weighted by molar-refractivity contribution is -0.132. The summed E-state index contributed by atoms with van der Waals surface area (Å²) in [5.41, 5.74) is 2.34. The van der Waals surface area contributed by atoms with Crippen LogP contribution in [0.3, 0.4) is 0 Å². The van der Waals surface area contributed by atoms with Gasteiger partial charge in [0.05, 0.1) is 6.07 Å². The first kappa shape index (κ1) is 18.5. The molecule has 0 saturated heterocycles. The summed E-state index contributed by atoms with van der Waals surface area (Å²) in [6.07, 6.45) is 3.47. The number of hydrogen-bond donors (Lipinski definition) is 0. The Kier molecular flexibility index (Phi) is 4.38. The molecule has 0 unspecified atom stereocenters. The van der Waals surface area contributed by atoms with E-state index in [1.807, 2.05) is 12.1 Å². The first-order chi connectivity index (χ1) is 12.0. The van der Waals surface area contributed by atoms with Crippen LogP contribution in [-0.4, -0.2) is 11.6 Å². The average molecular weight is 353 g/mol. The third-order valence-electron chi connectivity index (χ3n) is 5.55. The maximum Gasteiger partial charge on any atom is 0.308 e. The van der Waals surface area contributed by atoms with E-state index in [2.05, 4.69) is 46.8 Å². The molecule has 26 heavy (non-hydrogen) atoms. The topological polar surface area (TPSA) is 59.3 Å². The Bertz CT molecular complexity index is 821. The van der Waals surface area contributed by atoms with Gasteiger partial charge < -0.3 is 9.47 Å². The zero-order valence-electron chi connectivity index (χ0n) is 16.5. The fourth-order valence-electron chi connectivity index (χ4n) is 4.14. The van der Waals surface area contributed by atoms with E-state index >= 15 is 0 Å². The molecule has 0 aromatic heterocycles. The van der Waals surface area contributed by atoms with Gasteiger partial charge in [0.2, 0.25) is 0 Å². The number of nitrogens with zero attached hydrogens (tertiary/aromatic N) is 1. The van der Waals surface area contributed by atoms with E-state index in [0.717, 1.165) is 28.9 Å². The molecular formula is C22H27NO3. The predicted molar refractivity (Wildman–Crippen MR) is 100 cm³/mol. The summed E-state index contributed by atoms with van der Waals surface area (Å²) in [6, 6.07) is 6.34. The van der Waals surface area contributed by atoms with Gasteiger partial charge in [0, 0.05) is 29.9 Å². The SMILES string of the molecule is CC(=O)Oc1cc(C(C)(C)C)cc2c1[C@@H]1CC(C#N)=CC[C@H]1C(C)(C)O2. The molecule has 0 saturated carbocycles. The van der Waals surface area contributed by atoms with E-state index in [4.69, 9.17) is 9.47 Å². The molecule has 0 N–H and O–H groups in total. The highest BCUT2D eigenvalue weighted by Gasteiger charge is 2.46. The van der Waals surface area contributed by atoms with E-state index in [1.54, 1.807) is 0 Å². The van der Waals surface area contributed by atoms with Crippen LogP contribution >= 0.6 is 0 Å². The molecule has 0 radical (unpaired) electrons. The highest BCUT2D eigenvalue weighted by Crippen LogP contribution is 2.55. The molecule has 1 aromatic carbocycles. The van der Waals surface area contributed by atoms with E-state index in [-0.39, 0.29) is 28.8 Å². The fraction of sp³-hybridized carbons (Fsp3) is 0.545. The summed E-state index contributed by atoms with van der Waals surface area (Å²) in [5, 5.41) is 9.39. The normalized spacial score (nSPS) is 23.7. The van der Waals surface area contributed by atoms with Gasteiger partial charge in [0.25, 0.3) is 0 Å². The number of fused-ring (bicyclic) bond motifs is 3. The molecule has 0 fully saturated rings. The highest BCUT2D eigenvalue weighted by atomic mass is 16.5. The Labute approximate surface area is 155 Å². The Hall–Kier alpha value is -2.28. The zero-order valence-corrected chi connectivity index (χ0v) is 16.5. The van der Waals surface area contributed by atoms with Crippen molar-refractivity contribution in [2.45, 2.75) is 71.3 Å². The summed E-state index contributed by atoms with van der Waals surface area (Å²) in [4.78, 5) is 11.7. The van der Waals surface area contributed by atoms with Gasteiger partial charge in [-0.2, -0.15) is 5.26 Å². The van der Waals surface area contributed by atoms with Gasteiger partial charge in [0.1, 0.15) is 17.1 Å². The predicted octanol–water partition coefficient (Wildman–Crippen LogP) is 5.02. The van der Waals surface area contributed by atoms with Crippen molar-refractivity contribution >= 4 is 5.97 Å². The Balaban J connectivity index is 2.22. The molecule has 2 aliphatic rings. The molecule has 0 bridgehead atoms. The first-order valence-electron chi connectivity index (χ1n) is 9.18. The number of carbonyl (C=O) groups is 1. The molecular weight excluding hydrogens is 326 g/mol. The molecule has 0 spiro atoms. The van der Waals surface area contributed by atoms with Gasteiger partial charge in [-0.05, 0) is 49.8 Å². The van der Waals surface area contributed by atoms with Crippen LogP contribution in [0.2, 0.25) is 0 Å². The number of esters is 1. The monoisotopic (exact) mass is 353 g/mol. The smallest absolute Gasteiger partial charge is 0.308 e. The molecule has 1 aliphatic carbocycles. The van der Waals surface area contributed by atoms with Gasteiger partial charge in [-0.3, -0.25) is 4.79 Å². The second kappa shape index (κ2) is 6.16.